The lowest BCUT2D eigenvalue weighted by Crippen LogP contribution is -2.63. The quantitative estimate of drug-likeness (QED) is 0.0572. The highest BCUT2D eigenvalue weighted by molar-refractivity contribution is 5.81. The van der Waals surface area contributed by atoms with Crippen LogP contribution in [0.3, 0.4) is 0 Å². The van der Waals surface area contributed by atoms with E-state index in [0.29, 0.717) is 32.1 Å². The molecule has 0 bridgehead atoms. The number of ether oxygens (including phenoxy) is 6. The van der Waals surface area contributed by atoms with Gasteiger partial charge in [0, 0.05) is 24.8 Å². The standard InChI is InChI=1S/C36H58O18/c37-17-5-1-15(2-6-17)3-8-27(42)49-13-25-28(43)30(45)32(47)35(53-25)50-14-26-29(44)31(46)33(48)36(54-26)52-24-12-19-21(40)10-18(38)11-23(19)51-34(24)16-4-7-20(39)22(41)9-16/h3,8,15-26,28-41,43-48H,1-2,4-7,9-14H2/p+1/t15?,16?,17?,18?,19?,20?,21?,22?,23?,24?,25-,26-,28-,29+,30+,31+,32-,33-,34?,35-,36-/m1/s1. The molecule has 0 radical (unpaired) electrons. The maximum atomic E-state index is 12.4. The van der Waals surface area contributed by atoms with Gasteiger partial charge in [0.25, 0.3) is 0 Å². The van der Waals surface area contributed by atoms with Crippen LogP contribution in [0.4, 0.5) is 0 Å². The number of fused-ring (bicyclic) bond motifs is 1. The Balaban J connectivity index is 1.07. The number of carbonyl (C=O) groups is 1. The van der Waals surface area contributed by atoms with Crippen LogP contribution in [0.5, 0.6) is 0 Å². The van der Waals surface area contributed by atoms with Crippen molar-refractivity contribution >= 4 is 5.97 Å². The van der Waals surface area contributed by atoms with Crippen LogP contribution < -0.4 is 0 Å². The minimum absolute atomic E-state index is 0.112. The number of allylic oxidation sites excluding steroid dienone is 1. The molecule has 6 fully saturated rings. The van der Waals surface area contributed by atoms with Gasteiger partial charge >= 0.3 is 5.97 Å². The Labute approximate surface area is 312 Å². The van der Waals surface area contributed by atoms with Crippen molar-refractivity contribution in [1.82, 2.24) is 0 Å². The third kappa shape index (κ3) is 9.81. The summed E-state index contributed by atoms with van der Waals surface area (Å²) in [5.41, 5.74) is 0. The molecule has 3 saturated heterocycles. The first-order valence-corrected chi connectivity index (χ1v) is 19.3. The van der Waals surface area contributed by atoms with Gasteiger partial charge in [-0.25, -0.2) is 4.79 Å². The Morgan fingerprint density at radius 1 is 0.630 bits per heavy atom. The average molecular weight is 780 g/mol. The first-order valence-electron chi connectivity index (χ1n) is 19.3. The molecule has 0 aromatic rings. The number of rotatable bonds is 10. The fourth-order valence-corrected chi connectivity index (χ4v) is 8.95. The van der Waals surface area contributed by atoms with Gasteiger partial charge in [0.2, 0.25) is 0 Å². The lowest BCUT2D eigenvalue weighted by atomic mass is 9.72. The van der Waals surface area contributed by atoms with E-state index in [9.17, 15) is 61.0 Å². The molecule has 0 spiro atoms. The smallest absolute Gasteiger partial charge is 0.330 e. The lowest BCUT2D eigenvalue weighted by molar-refractivity contribution is -0.362. The second-order valence-corrected chi connectivity index (χ2v) is 16.1. The molecule has 19 atom stereocenters. The highest BCUT2D eigenvalue weighted by atomic mass is 16.7. The van der Waals surface area contributed by atoms with E-state index in [1.165, 1.54) is 6.08 Å². The van der Waals surface area contributed by atoms with Crippen LogP contribution in [0.1, 0.15) is 64.2 Å². The minimum Gasteiger partial charge on any atom is -0.460 e. The van der Waals surface area contributed by atoms with Gasteiger partial charge in [-0.1, -0.05) is 6.08 Å². The molecule has 0 aromatic heterocycles. The summed E-state index contributed by atoms with van der Waals surface area (Å²) in [6, 6.07) is 0. The second-order valence-electron chi connectivity index (χ2n) is 16.1. The maximum Gasteiger partial charge on any atom is 0.330 e. The van der Waals surface area contributed by atoms with Gasteiger partial charge in [-0.2, -0.15) is 0 Å². The SMILES string of the molecule is O=C(C=CC1CCC(O)CC1)OC[C@H]1O[C@@H](OC[C@H]2O[C@@H](OC3CC4C(O)CC(O)CC4[OH+]C3C3CCC(O)C(O)C3)[C@H](O)[C@@H](O)[C@H]2O)[C@H](O)[C@@H](O)[C@@H]1O. The van der Waals surface area contributed by atoms with Crippen molar-refractivity contribution in [2.75, 3.05) is 13.2 Å². The van der Waals surface area contributed by atoms with Crippen LogP contribution in [0.15, 0.2) is 12.2 Å². The van der Waals surface area contributed by atoms with Crippen LogP contribution >= 0.6 is 0 Å². The number of aliphatic hydroxyl groups excluding tert-OH is 11. The molecule has 18 nitrogen and oxygen atoms in total. The summed E-state index contributed by atoms with van der Waals surface area (Å²) < 4.78 is 33.7. The molecule has 0 amide bonds. The minimum atomic E-state index is -1.78. The maximum absolute atomic E-state index is 12.4. The third-order valence-electron chi connectivity index (χ3n) is 12.3. The molecule has 0 aromatic carbocycles. The largest absolute Gasteiger partial charge is 0.460 e. The molecule has 9 unspecified atom stereocenters. The highest BCUT2D eigenvalue weighted by Crippen LogP contribution is 2.42. The number of hydrogen-bond acceptors (Lipinski definition) is 17. The van der Waals surface area contributed by atoms with E-state index >= 15 is 0 Å². The molecule has 3 heterocycles. The summed E-state index contributed by atoms with van der Waals surface area (Å²) in [6.45, 7) is -1.06. The van der Waals surface area contributed by atoms with E-state index in [1.54, 1.807) is 6.08 Å². The molecular formula is C36H59O18+. The van der Waals surface area contributed by atoms with Crippen molar-refractivity contribution in [2.24, 2.45) is 17.8 Å². The highest BCUT2D eigenvalue weighted by Gasteiger charge is 2.55. The third-order valence-corrected chi connectivity index (χ3v) is 12.3. The lowest BCUT2D eigenvalue weighted by Gasteiger charge is -2.48. The first kappa shape index (κ1) is 42.2. The summed E-state index contributed by atoms with van der Waals surface area (Å²) in [4.78, 5) is 12.4. The van der Waals surface area contributed by atoms with E-state index in [2.05, 4.69) is 0 Å². The van der Waals surface area contributed by atoms with Crippen LogP contribution in [0.25, 0.3) is 0 Å². The zero-order valence-electron chi connectivity index (χ0n) is 30.1. The van der Waals surface area contributed by atoms with Gasteiger partial charge < -0.3 is 84.6 Å². The summed E-state index contributed by atoms with van der Waals surface area (Å²) in [6.07, 6.45) is -14.4. The van der Waals surface area contributed by atoms with E-state index in [1.807, 2.05) is 0 Å². The van der Waals surface area contributed by atoms with Crippen molar-refractivity contribution in [3.05, 3.63) is 12.2 Å². The summed E-state index contributed by atoms with van der Waals surface area (Å²) >= 11 is 0. The number of hydrogen-bond donors (Lipinski definition) is 11. The summed E-state index contributed by atoms with van der Waals surface area (Å²) in [5, 5.41) is 116. The molecule has 6 rings (SSSR count). The van der Waals surface area contributed by atoms with Crippen molar-refractivity contribution in [1.29, 1.82) is 0 Å². The van der Waals surface area contributed by atoms with Crippen LogP contribution in [0.2, 0.25) is 0 Å². The van der Waals surface area contributed by atoms with Crippen molar-refractivity contribution < 1.29 is 89.4 Å². The first-order chi connectivity index (χ1) is 25.7. The Morgan fingerprint density at radius 2 is 1.28 bits per heavy atom. The van der Waals surface area contributed by atoms with Gasteiger partial charge in [-0.15, -0.1) is 0 Å². The Kier molecular flexibility index (Phi) is 14.4. The normalized spacial score (nSPS) is 50.4. The topological polar surface area (TPSA) is 299 Å². The van der Waals surface area contributed by atoms with Gasteiger partial charge in [-0.3, -0.25) is 0 Å². The van der Waals surface area contributed by atoms with Crippen LogP contribution in [0, 0.1) is 17.8 Å². The zero-order chi connectivity index (χ0) is 38.8. The Hall–Kier alpha value is -1.43. The van der Waals surface area contributed by atoms with Gasteiger partial charge in [-0.05, 0) is 57.3 Å². The molecule has 18 heteroatoms. The fraction of sp³-hybridized carbons (Fsp3) is 0.917. The molecule has 12 N–H and O–H groups in total. The van der Waals surface area contributed by atoms with E-state index in [4.69, 9.17) is 28.4 Å². The molecule has 3 saturated carbocycles. The van der Waals surface area contributed by atoms with E-state index in [0.717, 1.165) is 12.8 Å². The van der Waals surface area contributed by atoms with Crippen molar-refractivity contribution in [2.45, 2.75) is 174 Å². The molecule has 310 valence electrons. The monoisotopic (exact) mass is 779 g/mol. The van der Waals surface area contributed by atoms with Crippen LogP contribution in [-0.4, -0.2) is 190 Å². The number of aliphatic hydroxyl groups is 13. The van der Waals surface area contributed by atoms with Gasteiger partial charge in [0.15, 0.2) is 24.8 Å². The van der Waals surface area contributed by atoms with E-state index < -0.39 is 117 Å². The van der Waals surface area contributed by atoms with Crippen molar-refractivity contribution in [3.63, 3.8) is 0 Å². The fourth-order valence-electron chi connectivity index (χ4n) is 8.95. The number of carbonyl (C=O) groups excluding carboxylic acids is 1. The van der Waals surface area contributed by atoms with E-state index in [-0.39, 0.29) is 49.2 Å². The zero-order valence-corrected chi connectivity index (χ0v) is 30.1. The summed E-state index contributed by atoms with van der Waals surface area (Å²) in [7, 11) is 0. The molecule has 54 heavy (non-hydrogen) atoms. The predicted molar refractivity (Wildman–Crippen MR) is 181 cm³/mol. The predicted octanol–water partition coefficient (Wildman–Crippen LogP) is -4.02. The Morgan fingerprint density at radius 3 is 1.96 bits per heavy atom. The Bertz CT molecular complexity index is 1230. The average Bonchev–Trinajstić information content (AvgIpc) is 3.14. The molecule has 3 aliphatic carbocycles. The molecule has 6 aliphatic rings. The summed E-state index contributed by atoms with van der Waals surface area (Å²) in [5.74, 6) is -1.24. The van der Waals surface area contributed by atoms with Gasteiger partial charge in [0.1, 0.15) is 61.5 Å². The van der Waals surface area contributed by atoms with Crippen molar-refractivity contribution in [3.8, 4) is 0 Å². The number of esters is 1. The molecular weight excluding hydrogens is 720 g/mol. The van der Waals surface area contributed by atoms with Crippen LogP contribution in [-0.2, 0) is 28.5 Å². The second kappa shape index (κ2) is 18.4. The van der Waals surface area contributed by atoms with Gasteiger partial charge in [0.05, 0.1) is 43.0 Å². The molecule has 3 aliphatic heterocycles.